The molecule has 2 aliphatic heterocycles. The molecule has 2 saturated heterocycles. The Morgan fingerprint density at radius 2 is 1.72 bits per heavy atom. The number of aliphatic imine (C=N–C) groups is 1. The quantitative estimate of drug-likeness (QED) is 0.153. The van der Waals surface area contributed by atoms with E-state index in [1.165, 1.54) is 6.42 Å². The van der Waals surface area contributed by atoms with Gasteiger partial charge in [0.2, 0.25) is 5.91 Å². The second kappa shape index (κ2) is 19.5. The zero-order valence-electron chi connectivity index (χ0n) is 29.0. The maximum Gasteiger partial charge on any atom is 0.246 e. The zero-order valence-corrected chi connectivity index (χ0v) is 29.0. The van der Waals surface area contributed by atoms with E-state index in [0.717, 1.165) is 51.1 Å². The largest absolute Gasteiger partial charge is 0.457 e. The molecule has 0 aromatic heterocycles. The predicted octanol–water partition coefficient (Wildman–Crippen LogP) is 6.20. The summed E-state index contributed by atoms with van der Waals surface area (Å²) in [5.41, 5.74) is 8.23. The third-order valence-electron chi connectivity index (χ3n) is 8.23. The van der Waals surface area contributed by atoms with Gasteiger partial charge in [0.1, 0.15) is 17.3 Å². The number of nitrogens with zero attached hydrogens (tertiary/aromatic N) is 4. The SMILES string of the molecule is C=CNC(=NC1CCCN(C(=O)/C=C/CN(C)C2CCN(C)CC2)C1)/C(C(=N)c1ccc(Oc2ccccc2)cc1)=C(\C)N.CCC. The number of carbonyl (C=O) groups is 1. The van der Waals surface area contributed by atoms with Crippen molar-refractivity contribution in [1.29, 1.82) is 5.41 Å². The Kier molecular flexibility index (Phi) is 15.4. The Morgan fingerprint density at radius 1 is 1.09 bits per heavy atom. The first kappa shape index (κ1) is 37.2. The van der Waals surface area contributed by atoms with E-state index >= 15 is 0 Å². The molecule has 0 aliphatic carbocycles. The number of amides is 1. The highest BCUT2D eigenvalue weighted by atomic mass is 16.5. The fraction of sp³-hybridized carbons (Fsp3) is 0.447. The summed E-state index contributed by atoms with van der Waals surface area (Å²) < 4.78 is 5.91. The molecular formula is C38H55N7O2. The zero-order chi connectivity index (χ0) is 34.2. The Bertz CT molecular complexity index is 1370. The molecule has 2 aromatic rings. The van der Waals surface area contributed by atoms with Crippen molar-refractivity contribution in [2.75, 3.05) is 46.8 Å². The van der Waals surface area contributed by atoms with E-state index in [1.807, 2.05) is 65.6 Å². The van der Waals surface area contributed by atoms with Crippen LogP contribution in [0, 0.1) is 5.41 Å². The van der Waals surface area contributed by atoms with Crippen LogP contribution in [0.3, 0.4) is 0 Å². The lowest BCUT2D eigenvalue weighted by Crippen LogP contribution is -2.42. The van der Waals surface area contributed by atoms with Crippen molar-refractivity contribution in [2.24, 2.45) is 10.7 Å². The number of para-hydroxylation sites is 1. The summed E-state index contributed by atoms with van der Waals surface area (Å²) in [6, 6.07) is 17.3. The van der Waals surface area contributed by atoms with E-state index in [0.29, 0.717) is 47.6 Å². The average molecular weight is 642 g/mol. The summed E-state index contributed by atoms with van der Waals surface area (Å²) in [5, 5.41) is 12.1. The first-order chi connectivity index (χ1) is 22.7. The maximum absolute atomic E-state index is 13.1. The monoisotopic (exact) mass is 641 g/mol. The number of rotatable bonds is 11. The highest BCUT2D eigenvalue weighted by Crippen LogP contribution is 2.23. The van der Waals surface area contributed by atoms with Gasteiger partial charge in [-0.1, -0.05) is 51.1 Å². The lowest BCUT2D eigenvalue weighted by molar-refractivity contribution is -0.127. The summed E-state index contributed by atoms with van der Waals surface area (Å²) in [7, 11) is 4.31. The van der Waals surface area contributed by atoms with Gasteiger partial charge in [0.15, 0.2) is 0 Å². The normalized spacial score (nSPS) is 18.3. The standard InChI is InChI=1S/C35H47N7O2.C3H8/c1-5-38-35(33(26(2)36)34(37)27-15-17-31(18-16-27)44-30-12-7-6-8-13-30)39-28-11-9-22-42(25-28)32(43)14-10-21-41(4)29-19-23-40(3)24-20-29;1-3-2/h5-8,10,12-18,28-29,37H,1,9,11,19-25,36H2,2-4H3,(H,38,39);3H2,1-2H3/b14-10+,33-26+,37-34?;. The third-order valence-corrected chi connectivity index (χ3v) is 8.23. The van der Waals surface area contributed by atoms with Crippen LogP contribution >= 0.6 is 0 Å². The molecule has 0 radical (unpaired) electrons. The Labute approximate surface area is 282 Å². The second-order valence-electron chi connectivity index (χ2n) is 12.4. The Hall–Kier alpha value is -4.21. The fourth-order valence-corrected chi connectivity index (χ4v) is 5.68. The van der Waals surface area contributed by atoms with Crippen LogP contribution in [0.5, 0.6) is 11.5 Å². The summed E-state index contributed by atoms with van der Waals surface area (Å²) in [4.78, 5) is 24.6. The van der Waals surface area contributed by atoms with Gasteiger partial charge in [-0.05, 0) is 102 Å². The number of piperidine rings is 2. The molecule has 4 N–H and O–H groups in total. The molecule has 254 valence electrons. The van der Waals surface area contributed by atoms with Crippen molar-refractivity contribution in [1.82, 2.24) is 20.0 Å². The predicted molar refractivity (Wildman–Crippen MR) is 195 cm³/mol. The Balaban J connectivity index is 0.00000192. The minimum absolute atomic E-state index is 0.0104. The van der Waals surface area contributed by atoms with Crippen molar-refractivity contribution < 1.29 is 9.53 Å². The molecule has 1 atom stereocenters. The number of nitrogens with two attached hydrogens (primary N) is 1. The molecule has 2 aliphatic rings. The van der Waals surface area contributed by atoms with Crippen LogP contribution < -0.4 is 15.8 Å². The fourth-order valence-electron chi connectivity index (χ4n) is 5.68. The molecule has 0 bridgehead atoms. The molecule has 4 rings (SSSR count). The van der Waals surface area contributed by atoms with E-state index in [2.05, 4.69) is 49.6 Å². The highest BCUT2D eigenvalue weighted by molar-refractivity contribution is 6.29. The minimum Gasteiger partial charge on any atom is -0.457 e. The Morgan fingerprint density at radius 3 is 2.34 bits per heavy atom. The maximum atomic E-state index is 13.1. The van der Waals surface area contributed by atoms with Gasteiger partial charge in [0, 0.05) is 43.0 Å². The molecule has 9 heteroatoms. The number of hydrogen-bond acceptors (Lipinski definition) is 7. The van der Waals surface area contributed by atoms with Gasteiger partial charge in [-0.3, -0.25) is 20.1 Å². The number of allylic oxidation sites excluding steroid dienone is 1. The summed E-state index contributed by atoms with van der Waals surface area (Å²) >= 11 is 0. The van der Waals surface area contributed by atoms with Crippen molar-refractivity contribution in [3.05, 3.63) is 96.4 Å². The number of carbonyl (C=O) groups excluding carboxylic acids is 1. The van der Waals surface area contributed by atoms with Crippen LogP contribution in [0.2, 0.25) is 0 Å². The average Bonchev–Trinajstić information content (AvgIpc) is 3.06. The van der Waals surface area contributed by atoms with Crippen LogP contribution in [-0.2, 0) is 4.79 Å². The number of benzene rings is 2. The second-order valence-corrected chi connectivity index (χ2v) is 12.4. The van der Waals surface area contributed by atoms with Crippen LogP contribution in [0.25, 0.3) is 0 Å². The van der Waals surface area contributed by atoms with Gasteiger partial charge < -0.3 is 25.6 Å². The van der Waals surface area contributed by atoms with Crippen molar-refractivity contribution in [3.63, 3.8) is 0 Å². The van der Waals surface area contributed by atoms with Gasteiger partial charge in [-0.2, -0.15) is 0 Å². The number of likely N-dealkylation sites (tertiary alicyclic amines) is 2. The summed E-state index contributed by atoms with van der Waals surface area (Å²) in [5.74, 6) is 1.91. The molecule has 2 aromatic carbocycles. The van der Waals surface area contributed by atoms with Gasteiger partial charge in [-0.15, -0.1) is 0 Å². The van der Waals surface area contributed by atoms with Crippen LogP contribution in [0.1, 0.15) is 58.4 Å². The lowest BCUT2D eigenvalue weighted by Gasteiger charge is -2.34. The number of amidine groups is 1. The van der Waals surface area contributed by atoms with Crippen LogP contribution in [-0.4, -0.2) is 91.1 Å². The van der Waals surface area contributed by atoms with Crippen molar-refractivity contribution in [3.8, 4) is 11.5 Å². The van der Waals surface area contributed by atoms with Gasteiger partial charge >= 0.3 is 0 Å². The third kappa shape index (κ3) is 11.8. The molecule has 0 saturated carbocycles. The topological polar surface area (TPSA) is 110 Å². The number of hydrogen-bond donors (Lipinski definition) is 3. The molecule has 2 heterocycles. The molecule has 47 heavy (non-hydrogen) atoms. The summed E-state index contributed by atoms with van der Waals surface area (Å²) in [6.07, 6.45) is 10.5. The minimum atomic E-state index is -0.130. The molecule has 9 nitrogen and oxygen atoms in total. The number of likely N-dealkylation sites (N-methyl/N-ethyl adjacent to an activating group) is 1. The molecule has 1 unspecified atom stereocenters. The van der Waals surface area contributed by atoms with E-state index in [9.17, 15) is 4.79 Å². The van der Waals surface area contributed by atoms with E-state index in [4.69, 9.17) is 20.9 Å². The van der Waals surface area contributed by atoms with Crippen LogP contribution in [0.4, 0.5) is 0 Å². The first-order valence-corrected chi connectivity index (χ1v) is 16.8. The smallest absolute Gasteiger partial charge is 0.246 e. The van der Waals surface area contributed by atoms with Crippen molar-refractivity contribution >= 4 is 17.5 Å². The van der Waals surface area contributed by atoms with Crippen LogP contribution in [0.15, 0.2) is 95.8 Å². The molecular weight excluding hydrogens is 586 g/mol. The van der Waals surface area contributed by atoms with Gasteiger partial charge in [0.05, 0.1) is 17.3 Å². The van der Waals surface area contributed by atoms with Gasteiger partial charge in [-0.25, -0.2) is 0 Å². The van der Waals surface area contributed by atoms with E-state index < -0.39 is 0 Å². The molecule has 2 fully saturated rings. The lowest BCUT2D eigenvalue weighted by atomic mass is 9.99. The number of nitrogens with one attached hydrogen (secondary N) is 2. The van der Waals surface area contributed by atoms with E-state index in [1.54, 1.807) is 19.2 Å². The number of ether oxygens (including phenoxy) is 1. The van der Waals surface area contributed by atoms with Gasteiger partial charge in [0.25, 0.3) is 0 Å². The molecule has 1 amide bonds. The highest BCUT2D eigenvalue weighted by Gasteiger charge is 2.25. The van der Waals surface area contributed by atoms with Crippen molar-refractivity contribution in [2.45, 2.75) is 65.0 Å². The first-order valence-electron chi connectivity index (χ1n) is 16.8. The van der Waals surface area contributed by atoms with E-state index in [-0.39, 0.29) is 17.7 Å². The summed E-state index contributed by atoms with van der Waals surface area (Å²) in [6.45, 7) is 14.0. The molecule has 0 spiro atoms.